The molecule has 33 heavy (non-hydrogen) atoms. The highest BCUT2D eigenvalue weighted by Gasteiger charge is 2.24. The molecule has 0 aliphatic rings. The number of hydrogen-bond donors (Lipinski definition) is 2. The van der Waals surface area contributed by atoms with Gasteiger partial charge >= 0.3 is 0 Å². The molecule has 1 unspecified atom stereocenters. The van der Waals surface area contributed by atoms with Crippen LogP contribution in [0.4, 0.5) is 0 Å². The van der Waals surface area contributed by atoms with Gasteiger partial charge in [-0.3, -0.25) is 9.59 Å². The lowest BCUT2D eigenvalue weighted by Gasteiger charge is -2.20. The Morgan fingerprint density at radius 3 is 2.48 bits per heavy atom. The maximum atomic E-state index is 12.7. The van der Waals surface area contributed by atoms with Crippen molar-refractivity contribution in [3.05, 3.63) is 57.6 Å². The zero-order valence-electron chi connectivity index (χ0n) is 19.2. The second kappa shape index (κ2) is 13.1. The summed E-state index contributed by atoms with van der Waals surface area (Å²) in [5, 5.41) is 7.34. The van der Waals surface area contributed by atoms with Crippen LogP contribution >= 0.6 is 23.2 Å². The summed E-state index contributed by atoms with van der Waals surface area (Å²) in [4.78, 5) is 25.2. The van der Waals surface area contributed by atoms with Crippen molar-refractivity contribution < 1.29 is 19.1 Å². The van der Waals surface area contributed by atoms with Crippen LogP contribution in [-0.4, -0.2) is 37.8 Å². The molecular formula is C24H29Cl2N3O4. The number of rotatable bonds is 11. The minimum absolute atomic E-state index is 0.174. The third kappa shape index (κ3) is 7.94. The van der Waals surface area contributed by atoms with E-state index in [-0.39, 0.29) is 10.9 Å². The number of benzene rings is 2. The van der Waals surface area contributed by atoms with Crippen molar-refractivity contribution in [3.63, 3.8) is 0 Å². The number of carbonyl (C=O) groups excluding carboxylic acids is 2. The quantitative estimate of drug-likeness (QED) is 0.259. The third-order valence-electron chi connectivity index (χ3n) is 4.75. The van der Waals surface area contributed by atoms with E-state index < -0.39 is 17.9 Å². The molecule has 0 aromatic heterocycles. The van der Waals surface area contributed by atoms with Crippen LogP contribution in [0, 0.1) is 5.92 Å². The van der Waals surface area contributed by atoms with E-state index in [4.69, 9.17) is 32.7 Å². The zero-order valence-corrected chi connectivity index (χ0v) is 20.7. The molecule has 0 spiro atoms. The standard InChI is InChI=1S/C24H29Cl2N3O4/c1-5-6-11-33-20-10-7-16(12-21(20)32-4)14-27-29-24(31)22(15(2)3)28-23(30)17-8-9-18(25)19(26)13-17/h7-10,12-15,22H,5-6,11H2,1-4H3,(H,28,30)(H,29,31)/b27-14-. The third-order valence-corrected chi connectivity index (χ3v) is 5.49. The Morgan fingerprint density at radius 1 is 1.09 bits per heavy atom. The van der Waals surface area contributed by atoms with Gasteiger partial charge in [0.25, 0.3) is 11.8 Å². The number of halogens is 2. The lowest BCUT2D eigenvalue weighted by atomic mass is 10.0. The predicted molar refractivity (Wildman–Crippen MR) is 132 cm³/mol. The Labute approximate surface area is 204 Å². The van der Waals surface area contributed by atoms with E-state index in [1.54, 1.807) is 25.3 Å². The number of methoxy groups -OCH3 is 1. The largest absolute Gasteiger partial charge is 0.493 e. The summed E-state index contributed by atoms with van der Waals surface area (Å²) in [7, 11) is 1.56. The fourth-order valence-electron chi connectivity index (χ4n) is 2.85. The second-order valence-electron chi connectivity index (χ2n) is 7.67. The number of nitrogens with zero attached hydrogens (tertiary/aromatic N) is 1. The highest BCUT2D eigenvalue weighted by Crippen LogP contribution is 2.27. The Bertz CT molecular complexity index is 996. The smallest absolute Gasteiger partial charge is 0.262 e. The van der Waals surface area contributed by atoms with Crippen molar-refractivity contribution in [3.8, 4) is 11.5 Å². The molecular weight excluding hydrogens is 465 g/mol. The first-order valence-electron chi connectivity index (χ1n) is 10.7. The molecule has 2 N–H and O–H groups in total. The lowest BCUT2D eigenvalue weighted by molar-refractivity contribution is -0.123. The summed E-state index contributed by atoms with van der Waals surface area (Å²) >= 11 is 11.9. The van der Waals surface area contributed by atoms with Gasteiger partial charge in [0.2, 0.25) is 0 Å². The second-order valence-corrected chi connectivity index (χ2v) is 8.49. The van der Waals surface area contributed by atoms with Crippen LogP contribution in [0.2, 0.25) is 10.0 Å². The molecule has 2 aromatic carbocycles. The fourth-order valence-corrected chi connectivity index (χ4v) is 3.15. The number of unbranched alkanes of at least 4 members (excludes halogenated alkanes) is 1. The molecule has 2 aromatic rings. The number of amides is 2. The van der Waals surface area contributed by atoms with Crippen molar-refractivity contribution in [1.82, 2.24) is 10.7 Å². The Balaban J connectivity index is 2.02. The Kier molecular flexibility index (Phi) is 10.5. The number of carbonyl (C=O) groups is 2. The Morgan fingerprint density at radius 2 is 1.85 bits per heavy atom. The van der Waals surface area contributed by atoms with Gasteiger partial charge in [0.15, 0.2) is 11.5 Å². The van der Waals surface area contributed by atoms with E-state index in [9.17, 15) is 9.59 Å². The van der Waals surface area contributed by atoms with Crippen LogP contribution in [0.3, 0.4) is 0 Å². The summed E-state index contributed by atoms with van der Waals surface area (Å²) < 4.78 is 11.1. The molecule has 0 aliphatic heterocycles. The van der Waals surface area contributed by atoms with Crippen molar-refractivity contribution in [2.24, 2.45) is 11.0 Å². The Hall–Kier alpha value is -2.77. The first-order chi connectivity index (χ1) is 15.8. The molecule has 0 fully saturated rings. The van der Waals surface area contributed by atoms with Gasteiger partial charge < -0.3 is 14.8 Å². The molecule has 0 radical (unpaired) electrons. The van der Waals surface area contributed by atoms with Gasteiger partial charge in [0.05, 0.1) is 30.0 Å². The van der Waals surface area contributed by atoms with Gasteiger partial charge in [-0.1, -0.05) is 50.4 Å². The summed E-state index contributed by atoms with van der Waals surface area (Å²) in [5.74, 6) is 0.176. The topological polar surface area (TPSA) is 89.0 Å². The van der Waals surface area contributed by atoms with Crippen LogP contribution in [0.5, 0.6) is 11.5 Å². The molecule has 0 bridgehead atoms. The predicted octanol–water partition coefficient (Wildman–Crippen LogP) is 5.09. The fraction of sp³-hybridized carbons (Fsp3) is 0.375. The van der Waals surface area contributed by atoms with Gasteiger partial charge in [-0.25, -0.2) is 5.43 Å². The highest BCUT2D eigenvalue weighted by atomic mass is 35.5. The number of nitrogens with one attached hydrogen (secondary N) is 2. The summed E-state index contributed by atoms with van der Waals surface area (Å²) in [6.07, 6.45) is 3.49. The molecule has 178 valence electrons. The van der Waals surface area contributed by atoms with E-state index in [2.05, 4.69) is 22.8 Å². The SMILES string of the molecule is CCCCOc1ccc(/C=N\NC(=O)C(NC(=O)c2ccc(Cl)c(Cl)c2)C(C)C)cc1OC. The van der Waals surface area contributed by atoms with Gasteiger partial charge in [0.1, 0.15) is 6.04 Å². The first kappa shape index (κ1) is 26.5. The van der Waals surface area contributed by atoms with E-state index in [1.165, 1.54) is 18.3 Å². The normalized spacial score (nSPS) is 12.0. The minimum atomic E-state index is -0.798. The molecule has 2 amide bonds. The molecule has 2 rings (SSSR count). The average molecular weight is 494 g/mol. The van der Waals surface area contributed by atoms with Crippen LogP contribution in [0.25, 0.3) is 0 Å². The van der Waals surface area contributed by atoms with E-state index in [1.807, 2.05) is 19.9 Å². The average Bonchev–Trinajstić information content (AvgIpc) is 2.79. The number of ether oxygens (including phenoxy) is 2. The minimum Gasteiger partial charge on any atom is -0.493 e. The van der Waals surface area contributed by atoms with Crippen LogP contribution in [-0.2, 0) is 4.79 Å². The molecule has 0 saturated heterocycles. The molecule has 0 saturated carbocycles. The van der Waals surface area contributed by atoms with Gasteiger partial charge in [-0.05, 0) is 54.3 Å². The highest BCUT2D eigenvalue weighted by molar-refractivity contribution is 6.42. The van der Waals surface area contributed by atoms with Crippen LogP contribution in [0.1, 0.15) is 49.5 Å². The molecule has 9 heteroatoms. The number of hydrogen-bond acceptors (Lipinski definition) is 5. The summed E-state index contributed by atoms with van der Waals surface area (Å²) in [5.41, 5.74) is 3.50. The van der Waals surface area contributed by atoms with Gasteiger partial charge in [-0.2, -0.15) is 5.10 Å². The van der Waals surface area contributed by atoms with E-state index in [0.717, 1.165) is 18.4 Å². The molecule has 0 heterocycles. The van der Waals surface area contributed by atoms with Crippen LogP contribution in [0.15, 0.2) is 41.5 Å². The van der Waals surface area contributed by atoms with E-state index >= 15 is 0 Å². The number of hydrazone groups is 1. The zero-order chi connectivity index (χ0) is 24.4. The van der Waals surface area contributed by atoms with Crippen molar-refractivity contribution >= 4 is 41.2 Å². The van der Waals surface area contributed by atoms with Gasteiger partial charge in [-0.15, -0.1) is 0 Å². The van der Waals surface area contributed by atoms with Crippen molar-refractivity contribution in [1.29, 1.82) is 0 Å². The van der Waals surface area contributed by atoms with E-state index in [0.29, 0.717) is 28.7 Å². The maximum absolute atomic E-state index is 12.7. The molecule has 1 atom stereocenters. The summed E-state index contributed by atoms with van der Waals surface area (Å²) in [6.45, 7) is 6.36. The van der Waals surface area contributed by atoms with Gasteiger partial charge in [0, 0.05) is 5.56 Å². The summed E-state index contributed by atoms with van der Waals surface area (Å²) in [6, 6.07) is 9.10. The molecule has 0 aliphatic carbocycles. The monoisotopic (exact) mass is 493 g/mol. The van der Waals surface area contributed by atoms with Crippen molar-refractivity contribution in [2.75, 3.05) is 13.7 Å². The maximum Gasteiger partial charge on any atom is 0.262 e. The van der Waals surface area contributed by atoms with Crippen LogP contribution < -0.4 is 20.2 Å². The van der Waals surface area contributed by atoms with Crippen molar-refractivity contribution in [2.45, 2.75) is 39.7 Å². The first-order valence-corrected chi connectivity index (χ1v) is 11.4. The molecule has 7 nitrogen and oxygen atoms in total. The lowest BCUT2D eigenvalue weighted by Crippen LogP contribution is -2.48.